The minimum atomic E-state index is -1.41. The fraction of sp³-hybridized carbons (Fsp3) is 0. The van der Waals surface area contributed by atoms with Gasteiger partial charge in [-0.1, -0.05) is 36.4 Å². The lowest BCUT2D eigenvalue weighted by Crippen LogP contribution is -2.28. The number of H-pyrrole nitrogens is 1. The maximum atomic E-state index is 12.2. The number of rotatable bonds is 2. The minimum Gasteiger partial charge on any atom is -0.530 e. The van der Waals surface area contributed by atoms with E-state index in [-0.39, 0.29) is 5.56 Å². The van der Waals surface area contributed by atoms with Gasteiger partial charge in [0.2, 0.25) is 0 Å². The lowest BCUT2D eigenvalue weighted by Gasteiger charge is -2.08. The average Bonchev–Trinajstić information content (AvgIpc) is 2.48. The zero-order chi connectivity index (χ0) is 14.8. The highest BCUT2D eigenvalue weighted by molar-refractivity contribution is 5.91. The van der Waals surface area contributed by atoms with E-state index in [9.17, 15) is 14.7 Å². The molecule has 3 rings (SSSR count). The molecule has 1 aromatic heterocycles. The monoisotopic (exact) mass is 279 g/mol. The van der Waals surface area contributed by atoms with Crippen molar-refractivity contribution in [1.29, 1.82) is 0 Å². The Morgan fingerprint density at radius 1 is 1.05 bits per heavy atom. The van der Waals surface area contributed by atoms with Gasteiger partial charge in [0.25, 0.3) is 5.56 Å². The number of pyridine rings is 1. The zero-order valence-corrected chi connectivity index (χ0v) is 10.9. The molecule has 0 spiro atoms. The molecule has 1 heterocycles. The van der Waals surface area contributed by atoms with E-state index in [2.05, 4.69) is 10.3 Å². The van der Waals surface area contributed by atoms with Gasteiger partial charge in [0.1, 0.15) is 6.09 Å². The molecular weight excluding hydrogens is 268 g/mol. The maximum absolute atomic E-state index is 12.2. The topological polar surface area (TPSA) is 85.0 Å². The van der Waals surface area contributed by atoms with E-state index in [1.807, 2.05) is 36.4 Å². The van der Waals surface area contributed by atoms with Crippen LogP contribution in [0.3, 0.4) is 0 Å². The number of benzene rings is 2. The molecule has 1 amide bonds. The van der Waals surface area contributed by atoms with E-state index < -0.39 is 6.09 Å². The van der Waals surface area contributed by atoms with Crippen molar-refractivity contribution >= 4 is 22.6 Å². The van der Waals surface area contributed by atoms with E-state index in [1.165, 1.54) is 6.07 Å². The van der Waals surface area contributed by atoms with Crippen molar-refractivity contribution in [1.82, 2.24) is 4.98 Å². The Hall–Kier alpha value is -3.08. The quantitative estimate of drug-likeness (QED) is 0.751. The molecule has 0 atom stereocenters. The van der Waals surface area contributed by atoms with Crippen LogP contribution in [-0.2, 0) is 0 Å². The summed E-state index contributed by atoms with van der Waals surface area (Å²) in [5, 5.41) is 13.8. The first kappa shape index (κ1) is 12.9. The predicted molar refractivity (Wildman–Crippen MR) is 79.0 cm³/mol. The van der Waals surface area contributed by atoms with Crippen molar-refractivity contribution in [3.8, 4) is 11.3 Å². The van der Waals surface area contributed by atoms with Crippen LogP contribution < -0.4 is 16.0 Å². The number of carbonyl (C=O) groups excluding carboxylic acids is 1. The number of carbonyl (C=O) groups is 1. The van der Waals surface area contributed by atoms with Crippen LogP contribution in [0.25, 0.3) is 22.0 Å². The molecule has 3 aromatic rings. The van der Waals surface area contributed by atoms with Gasteiger partial charge in [-0.25, -0.2) is 0 Å². The lowest BCUT2D eigenvalue weighted by molar-refractivity contribution is -0.242. The van der Waals surface area contributed by atoms with Crippen molar-refractivity contribution in [3.63, 3.8) is 0 Å². The van der Waals surface area contributed by atoms with Crippen LogP contribution in [-0.4, -0.2) is 11.1 Å². The molecule has 0 radical (unpaired) electrons. The summed E-state index contributed by atoms with van der Waals surface area (Å²) < 4.78 is 0. The fourth-order valence-electron chi connectivity index (χ4n) is 2.23. The van der Waals surface area contributed by atoms with E-state index in [0.717, 1.165) is 10.9 Å². The van der Waals surface area contributed by atoms with Gasteiger partial charge in [0.05, 0.1) is 0 Å². The van der Waals surface area contributed by atoms with Gasteiger partial charge >= 0.3 is 0 Å². The summed E-state index contributed by atoms with van der Waals surface area (Å²) in [6, 6.07) is 16.1. The number of nitrogens with one attached hydrogen (secondary N) is 2. The fourth-order valence-corrected chi connectivity index (χ4v) is 2.23. The molecular formula is C16H11N2O3-. The summed E-state index contributed by atoms with van der Waals surface area (Å²) in [6.45, 7) is 0. The van der Waals surface area contributed by atoms with Crippen molar-refractivity contribution in [2.24, 2.45) is 0 Å². The molecule has 5 nitrogen and oxygen atoms in total. The molecule has 2 N–H and O–H groups in total. The van der Waals surface area contributed by atoms with Crippen LogP contribution in [0.5, 0.6) is 0 Å². The van der Waals surface area contributed by atoms with Crippen LogP contribution in [0, 0.1) is 0 Å². The first-order valence-electron chi connectivity index (χ1n) is 6.34. The van der Waals surface area contributed by atoms with E-state index >= 15 is 0 Å². The number of hydrogen-bond donors (Lipinski definition) is 2. The van der Waals surface area contributed by atoms with Gasteiger partial charge in [-0.15, -0.1) is 0 Å². The Balaban J connectivity index is 2.14. The minimum absolute atomic E-state index is 0.270. The highest BCUT2D eigenvalue weighted by Crippen LogP contribution is 2.21. The number of anilines is 1. The van der Waals surface area contributed by atoms with Crippen LogP contribution in [0.4, 0.5) is 10.5 Å². The summed E-state index contributed by atoms with van der Waals surface area (Å²) in [4.78, 5) is 25.5. The van der Waals surface area contributed by atoms with Gasteiger partial charge in [0, 0.05) is 16.8 Å². The first-order valence-corrected chi connectivity index (χ1v) is 6.34. The third-order valence-corrected chi connectivity index (χ3v) is 3.18. The number of aromatic nitrogens is 1. The van der Waals surface area contributed by atoms with Crippen molar-refractivity contribution in [2.75, 3.05) is 5.32 Å². The normalized spacial score (nSPS) is 10.5. The third-order valence-electron chi connectivity index (χ3n) is 3.18. The number of amides is 1. The van der Waals surface area contributed by atoms with Crippen molar-refractivity contribution < 1.29 is 9.90 Å². The lowest BCUT2D eigenvalue weighted by atomic mass is 10.1. The Labute approximate surface area is 119 Å². The molecule has 0 bridgehead atoms. The van der Waals surface area contributed by atoms with Crippen LogP contribution >= 0.6 is 0 Å². The smallest absolute Gasteiger partial charge is 0.256 e. The summed E-state index contributed by atoms with van der Waals surface area (Å²) in [5.41, 5.74) is 1.66. The summed E-state index contributed by atoms with van der Waals surface area (Å²) in [7, 11) is 0. The molecule has 2 aromatic carbocycles. The molecule has 0 aliphatic carbocycles. The van der Waals surface area contributed by atoms with Crippen LogP contribution in [0.15, 0.2) is 59.4 Å². The molecule has 0 saturated carbocycles. The predicted octanol–water partition coefficient (Wildman–Crippen LogP) is 1.95. The Morgan fingerprint density at radius 3 is 2.52 bits per heavy atom. The Kier molecular flexibility index (Phi) is 3.16. The molecule has 0 aliphatic rings. The number of carboxylic acid groups (broad SMARTS) is 1. The summed E-state index contributed by atoms with van der Waals surface area (Å²) in [5.74, 6) is 0. The van der Waals surface area contributed by atoms with Gasteiger partial charge in [0.15, 0.2) is 0 Å². The van der Waals surface area contributed by atoms with Crippen LogP contribution in [0.1, 0.15) is 0 Å². The van der Waals surface area contributed by atoms with E-state index in [1.54, 1.807) is 12.1 Å². The summed E-state index contributed by atoms with van der Waals surface area (Å²) >= 11 is 0. The molecule has 5 heteroatoms. The van der Waals surface area contributed by atoms with Gasteiger partial charge in [-0.3, -0.25) is 4.79 Å². The number of aromatic amines is 1. The molecule has 0 aliphatic heterocycles. The van der Waals surface area contributed by atoms with Gasteiger partial charge in [-0.2, -0.15) is 0 Å². The maximum Gasteiger partial charge on any atom is 0.256 e. The standard InChI is InChI=1S/C16H12N2O3/c19-15-13-9-12(17-16(20)21)7-6-11(13)8-14(18-15)10-4-2-1-3-5-10/h1-9,17H,(H,18,19)(H,20,21)/p-1. The second-order valence-corrected chi connectivity index (χ2v) is 4.59. The highest BCUT2D eigenvalue weighted by atomic mass is 16.4. The molecule has 21 heavy (non-hydrogen) atoms. The second kappa shape index (κ2) is 5.13. The molecule has 0 saturated heterocycles. The largest absolute Gasteiger partial charge is 0.530 e. The Bertz CT molecular complexity index is 870. The number of hydrogen-bond acceptors (Lipinski definition) is 3. The van der Waals surface area contributed by atoms with E-state index in [4.69, 9.17) is 0 Å². The zero-order valence-electron chi connectivity index (χ0n) is 10.9. The molecule has 0 fully saturated rings. The second-order valence-electron chi connectivity index (χ2n) is 4.59. The average molecular weight is 279 g/mol. The Morgan fingerprint density at radius 2 is 1.81 bits per heavy atom. The van der Waals surface area contributed by atoms with Crippen molar-refractivity contribution in [3.05, 3.63) is 65.0 Å². The van der Waals surface area contributed by atoms with Crippen LogP contribution in [0.2, 0.25) is 0 Å². The van der Waals surface area contributed by atoms with Gasteiger partial charge in [-0.05, 0) is 29.1 Å². The van der Waals surface area contributed by atoms with Gasteiger partial charge < -0.3 is 20.2 Å². The molecule has 104 valence electrons. The first-order chi connectivity index (χ1) is 10.1. The summed E-state index contributed by atoms with van der Waals surface area (Å²) in [6.07, 6.45) is -1.41. The third kappa shape index (κ3) is 2.62. The SMILES string of the molecule is O=C([O-])Nc1ccc2cc(-c3ccccc3)[nH]c(=O)c2c1. The van der Waals surface area contributed by atoms with Crippen molar-refractivity contribution in [2.45, 2.75) is 0 Å². The highest BCUT2D eigenvalue weighted by Gasteiger charge is 2.05. The van der Waals surface area contributed by atoms with E-state index in [0.29, 0.717) is 16.8 Å². The number of fused-ring (bicyclic) bond motifs is 1. The molecule has 0 unspecified atom stereocenters.